The molecule has 0 bridgehead atoms. The monoisotopic (exact) mass is 322 g/mol. The minimum Gasteiger partial charge on any atom is -0.492 e. The summed E-state index contributed by atoms with van der Waals surface area (Å²) in [6, 6.07) is 9.85. The van der Waals surface area contributed by atoms with Gasteiger partial charge in [0.15, 0.2) is 0 Å². The predicted octanol–water partition coefficient (Wildman–Crippen LogP) is 4.56. The maximum atomic E-state index is 6.22. The molecule has 0 fully saturated rings. The number of hydrogen-bond acceptors (Lipinski definition) is 3. The van der Waals surface area contributed by atoms with Crippen molar-refractivity contribution in [3.05, 3.63) is 57.8 Å². The van der Waals surface area contributed by atoms with Gasteiger partial charge in [-0.2, -0.15) is 0 Å². The number of rotatable bonds is 3. The molecular formula is C16H16Cl2N2O. The molecule has 0 amide bonds. The Labute approximate surface area is 134 Å². The number of pyridine rings is 1. The lowest BCUT2D eigenvalue weighted by Crippen LogP contribution is -2.29. The summed E-state index contributed by atoms with van der Waals surface area (Å²) >= 11 is 12.3. The third-order valence-corrected chi connectivity index (χ3v) is 4.15. The Balaban J connectivity index is 1.85. The summed E-state index contributed by atoms with van der Waals surface area (Å²) < 4.78 is 5.68. The van der Waals surface area contributed by atoms with Gasteiger partial charge in [-0.1, -0.05) is 29.3 Å². The van der Waals surface area contributed by atoms with E-state index in [1.807, 2.05) is 24.3 Å². The minimum atomic E-state index is 0.139. The molecule has 1 aromatic heterocycles. The second-order valence-electron chi connectivity index (χ2n) is 5.14. The topological polar surface area (TPSA) is 34.1 Å². The summed E-state index contributed by atoms with van der Waals surface area (Å²) in [6.45, 7) is 2.74. The van der Waals surface area contributed by atoms with Crippen molar-refractivity contribution in [1.82, 2.24) is 10.3 Å². The Morgan fingerprint density at radius 3 is 2.95 bits per heavy atom. The highest BCUT2D eigenvalue weighted by molar-refractivity contribution is 6.35. The fourth-order valence-electron chi connectivity index (χ4n) is 2.62. The van der Waals surface area contributed by atoms with Gasteiger partial charge in [-0.15, -0.1) is 0 Å². The third-order valence-electron chi connectivity index (χ3n) is 3.65. The molecular weight excluding hydrogens is 307 g/mol. The number of halogens is 2. The normalized spacial score (nSPS) is 18.7. The number of nitrogens with one attached hydrogen (secondary N) is 1. The second-order valence-corrected chi connectivity index (χ2v) is 5.98. The van der Waals surface area contributed by atoms with Crippen LogP contribution in [0.3, 0.4) is 0 Å². The maximum Gasteiger partial charge on any atom is 0.142 e. The number of nitrogens with zero attached hydrogens (tertiary/aromatic N) is 1. The number of fused-ring (bicyclic) bond motifs is 1. The van der Waals surface area contributed by atoms with E-state index in [4.69, 9.17) is 27.9 Å². The third kappa shape index (κ3) is 3.15. The van der Waals surface area contributed by atoms with Gasteiger partial charge in [-0.05, 0) is 31.2 Å². The summed E-state index contributed by atoms with van der Waals surface area (Å²) in [5.74, 6) is 0.734. The lowest BCUT2D eigenvalue weighted by molar-refractivity contribution is 0.245. The largest absolute Gasteiger partial charge is 0.492 e. The lowest BCUT2D eigenvalue weighted by atomic mass is 9.99. The Bertz CT molecular complexity index is 634. The highest BCUT2D eigenvalue weighted by Crippen LogP contribution is 2.40. The first-order valence-corrected chi connectivity index (χ1v) is 7.69. The van der Waals surface area contributed by atoms with Crippen LogP contribution in [0.5, 0.6) is 5.75 Å². The zero-order valence-corrected chi connectivity index (χ0v) is 13.2. The molecule has 1 aliphatic heterocycles. The van der Waals surface area contributed by atoms with Crippen LogP contribution in [0.1, 0.15) is 36.7 Å². The van der Waals surface area contributed by atoms with E-state index in [9.17, 15) is 0 Å². The minimum absolute atomic E-state index is 0.139. The van der Waals surface area contributed by atoms with E-state index in [1.54, 1.807) is 12.3 Å². The van der Waals surface area contributed by atoms with Crippen molar-refractivity contribution in [2.24, 2.45) is 0 Å². The molecule has 0 spiro atoms. The molecule has 2 atom stereocenters. The summed E-state index contributed by atoms with van der Waals surface area (Å²) in [5, 5.41) is 4.78. The van der Waals surface area contributed by atoms with Crippen LogP contribution in [-0.2, 0) is 0 Å². The van der Waals surface area contributed by atoms with Gasteiger partial charge in [0.2, 0.25) is 0 Å². The zero-order valence-electron chi connectivity index (χ0n) is 11.6. The standard InChI is InChI=1S/C16H16Cl2N2O/c1-10(14-4-2-3-6-19-14)20-15-5-7-21-16-12(15)8-11(17)9-13(16)18/h2-4,6,8-10,15,20H,5,7H2,1H3. The number of aromatic nitrogens is 1. The highest BCUT2D eigenvalue weighted by atomic mass is 35.5. The molecule has 2 heterocycles. The van der Waals surface area contributed by atoms with Crippen LogP contribution < -0.4 is 10.1 Å². The number of ether oxygens (including phenoxy) is 1. The van der Waals surface area contributed by atoms with Crippen molar-refractivity contribution < 1.29 is 4.74 Å². The molecule has 3 rings (SSSR count). The van der Waals surface area contributed by atoms with Crippen molar-refractivity contribution in [2.45, 2.75) is 25.4 Å². The molecule has 110 valence electrons. The number of hydrogen-bond donors (Lipinski definition) is 1. The van der Waals surface area contributed by atoms with Crippen LogP contribution in [0.15, 0.2) is 36.5 Å². The van der Waals surface area contributed by atoms with Gasteiger partial charge in [0, 0.05) is 35.3 Å². The van der Waals surface area contributed by atoms with Gasteiger partial charge in [0.25, 0.3) is 0 Å². The molecule has 5 heteroatoms. The van der Waals surface area contributed by atoms with Crippen molar-refractivity contribution in [2.75, 3.05) is 6.61 Å². The fraction of sp³-hybridized carbons (Fsp3) is 0.312. The molecule has 0 saturated heterocycles. The molecule has 1 aliphatic rings. The SMILES string of the molecule is CC(NC1CCOc2c(Cl)cc(Cl)cc21)c1ccccn1. The average Bonchev–Trinajstić information content (AvgIpc) is 2.49. The molecule has 1 N–H and O–H groups in total. The van der Waals surface area contributed by atoms with Crippen molar-refractivity contribution >= 4 is 23.2 Å². The lowest BCUT2D eigenvalue weighted by Gasteiger charge is -2.30. The molecule has 21 heavy (non-hydrogen) atoms. The van der Waals surface area contributed by atoms with E-state index < -0.39 is 0 Å². The first kappa shape index (κ1) is 14.6. The van der Waals surface area contributed by atoms with E-state index in [0.717, 1.165) is 23.4 Å². The molecule has 0 radical (unpaired) electrons. The quantitative estimate of drug-likeness (QED) is 0.899. The molecule has 1 aromatic carbocycles. The average molecular weight is 323 g/mol. The van der Waals surface area contributed by atoms with Crippen LogP contribution in [0, 0.1) is 0 Å². The van der Waals surface area contributed by atoms with Gasteiger partial charge < -0.3 is 10.1 Å². The van der Waals surface area contributed by atoms with E-state index in [0.29, 0.717) is 16.7 Å². The smallest absolute Gasteiger partial charge is 0.142 e. The second kappa shape index (κ2) is 6.22. The van der Waals surface area contributed by atoms with E-state index >= 15 is 0 Å². The number of benzene rings is 1. The van der Waals surface area contributed by atoms with Crippen LogP contribution in [0.25, 0.3) is 0 Å². The van der Waals surface area contributed by atoms with Crippen molar-refractivity contribution in [3.63, 3.8) is 0 Å². The van der Waals surface area contributed by atoms with E-state index in [2.05, 4.69) is 17.2 Å². The van der Waals surface area contributed by atoms with Crippen LogP contribution >= 0.6 is 23.2 Å². The van der Waals surface area contributed by atoms with Gasteiger partial charge in [0.05, 0.1) is 17.3 Å². The summed E-state index contributed by atoms with van der Waals surface area (Å²) in [6.07, 6.45) is 2.68. The van der Waals surface area contributed by atoms with Crippen LogP contribution in [0.2, 0.25) is 10.0 Å². The highest BCUT2D eigenvalue weighted by Gasteiger charge is 2.25. The Hall–Kier alpha value is -1.29. The molecule has 2 unspecified atom stereocenters. The maximum absolute atomic E-state index is 6.22. The summed E-state index contributed by atoms with van der Waals surface area (Å²) in [4.78, 5) is 4.39. The summed E-state index contributed by atoms with van der Waals surface area (Å²) in [7, 11) is 0. The van der Waals surface area contributed by atoms with Crippen LogP contribution in [-0.4, -0.2) is 11.6 Å². The van der Waals surface area contributed by atoms with Crippen molar-refractivity contribution in [1.29, 1.82) is 0 Å². The Morgan fingerprint density at radius 2 is 2.19 bits per heavy atom. The van der Waals surface area contributed by atoms with Gasteiger partial charge in [-0.25, -0.2) is 0 Å². The van der Waals surface area contributed by atoms with E-state index in [1.165, 1.54) is 0 Å². The molecule has 3 nitrogen and oxygen atoms in total. The molecule has 2 aromatic rings. The Morgan fingerprint density at radius 1 is 1.33 bits per heavy atom. The zero-order chi connectivity index (χ0) is 14.8. The van der Waals surface area contributed by atoms with Gasteiger partial charge >= 0.3 is 0 Å². The van der Waals surface area contributed by atoms with E-state index in [-0.39, 0.29) is 12.1 Å². The van der Waals surface area contributed by atoms with Gasteiger partial charge in [0.1, 0.15) is 5.75 Å². The van der Waals surface area contributed by atoms with Crippen molar-refractivity contribution in [3.8, 4) is 5.75 Å². The van der Waals surface area contributed by atoms with Gasteiger partial charge in [-0.3, -0.25) is 4.98 Å². The molecule has 0 saturated carbocycles. The fourth-order valence-corrected chi connectivity index (χ4v) is 3.18. The first-order chi connectivity index (χ1) is 10.1. The van der Waals surface area contributed by atoms with Crippen LogP contribution in [0.4, 0.5) is 0 Å². The molecule has 0 aliphatic carbocycles. The Kier molecular flexibility index (Phi) is 4.34. The predicted molar refractivity (Wildman–Crippen MR) is 85.1 cm³/mol. The summed E-state index contributed by atoms with van der Waals surface area (Å²) in [5.41, 5.74) is 2.03. The first-order valence-electron chi connectivity index (χ1n) is 6.94.